The highest BCUT2D eigenvalue weighted by Gasteiger charge is 2.10. The Bertz CT molecular complexity index is 479. The Kier molecular flexibility index (Phi) is 2.64. The molecule has 0 amide bonds. The van der Waals surface area contributed by atoms with Crippen LogP contribution in [0.4, 0.5) is 0 Å². The number of nitrogens with zero attached hydrogens (tertiary/aromatic N) is 1. The monoisotopic (exact) mass is 223 g/mol. The molecule has 2 rings (SSSR count). The van der Waals surface area contributed by atoms with Gasteiger partial charge < -0.3 is 9.26 Å². The molecule has 0 unspecified atom stereocenters. The van der Waals surface area contributed by atoms with Crippen molar-refractivity contribution < 1.29 is 9.26 Å². The van der Waals surface area contributed by atoms with Crippen molar-refractivity contribution in [3.8, 4) is 16.9 Å². The predicted molar refractivity (Wildman–Crippen MR) is 58.2 cm³/mol. The highest BCUT2D eigenvalue weighted by molar-refractivity contribution is 6.33. The number of benzene rings is 1. The molecule has 4 heteroatoms. The first-order chi connectivity index (χ1) is 7.22. The highest BCUT2D eigenvalue weighted by atomic mass is 35.5. The van der Waals surface area contributed by atoms with Crippen LogP contribution in [-0.2, 0) is 0 Å². The number of methoxy groups -OCH3 is 1. The molecule has 0 fully saturated rings. The van der Waals surface area contributed by atoms with Crippen LogP contribution in [0.2, 0.25) is 5.02 Å². The summed E-state index contributed by atoms with van der Waals surface area (Å²) in [4.78, 5) is 0. The SMILES string of the molecule is COc1ccc(-c2cnoc2C)c(Cl)c1. The molecule has 1 aromatic heterocycles. The molecule has 0 saturated heterocycles. The zero-order chi connectivity index (χ0) is 10.8. The lowest BCUT2D eigenvalue weighted by Gasteiger charge is -2.04. The molecule has 0 spiro atoms. The van der Waals surface area contributed by atoms with E-state index in [4.69, 9.17) is 20.9 Å². The topological polar surface area (TPSA) is 35.3 Å². The van der Waals surface area contributed by atoms with Crippen molar-refractivity contribution in [2.75, 3.05) is 7.11 Å². The maximum atomic E-state index is 6.12. The molecule has 0 aliphatic rings. The van der Waals surface area contributed by atoms with E-state index in [9.17, 15) is 0 Å². The van der Waals surface area contributed by atoms with E-state index in [1.54, 1.807) is 19.4 Å². The van der Waals surface area contributed by atoms with Gasteiger partial charge in [-0.3, -0.25) is 0 Å². The molecule has 3 nitrogen and oxygen atoms in total. The molecule has 0 bridgehead atoms. The number of aromatic nitrogens is 1. The average molecular weight is 224 g/mol. The number of ether oxygens (including phenoxy) is 1. The van der Waals surface area contributed by atoms with Crippen molar-refractivity contribution in [3.63, 3.8) is 0 Å². The first-order valence-electron chi connectivity index (χ1n) is 4.47. The molecule has 0 atom stereocenters. The Hall–Kier alpha value is -1.48. The minimum absolute atomic E-state index is 0.626. The van der Waals surface area contributed by atoms with Gasteiger partial charge in [-0.1, -0.05) is 16.8 Å². The Labute approximate surface area is 92.6 Å². The van der Waals surface area contributed by atoms with Crippen LogP contribution in [0.1, 0.15) is 5.76 Å². The lowest BCUT2D eigenvalue weighted by Crippen LogP contribution is -1.84. The third-order valence-electron chi connectivity index (χ3n) is 2.22. The van der Waals surface area contributed by atoms with Crippen molar-refractivity contribution >= 4 is 11.6 Å². The van der Waals surface area contributed by atoms with Crippen LogP contribution in [0.25, 0.3) is 11.1 Å². The number of rotatable bonds is 2. The van der Waals surface area contributed by atoms with E-state index in [-0.39, 0.29) is 0 Å². The van der Waals surface area contributed by atoms with Gasteiger partial charge in [0.1, 0.15) is 11.5 Å². The standard InChI is InChI=1S/C11H10ClNO2/c1-7-10(6-13-15-7)9-4-3-8(14-2)5-11(9)12/h3-6H,1-2H3. The normalized spacial score (nSPS) is 10.3. The van der Waals surface area contributed by atoms with E-state index in [1.165, 1.54) is 0 Å². The summed E-state index contributed by atoms with van der Waals surface area (Å²) >= 11 is 6.12. The summed E-state index contributed by atoms with van der Waals surface area (Å²) in [6.45, 7) is 1.85. The fraction of sp³-hybridized carbons (Fsp3) is 0.182. The summed E-state index contributed by atoms with van der Waals surface area (Å²) in [5.41, 5.74) is 1.80. The second-order valence-electron chi connectivity index (χ2n) is 3.14. The average Bonchev–Trinajstić information content (AvgIpc) is 2.64. The zero-order valence-corrected chi connectivity index (χ0v) is 9.21. The van der Waals surface area contributed by atoms with Gasteiger partial charge in [-0.15, -0.1) is 0 Å². The Balaban J connectivity index is 2.50. The Morgan fingerprint density at radius 1 is 1.33 bits per heavy atom. The predicted octanol–water partition coefficient (Wildman–Crippen LogP) is 3.31. The van der Waals surface area contributed by atoms with Crippen LogP contribution in [0.15, 0.2) is 28.9 Å². The number of hydrogen-bond acceptors (Lipinski definition) is 3. The minimum Gasteiger partial charge on any atom is -0.497 e. The first-order valence-corrected chi connectivity index (χ1v) is 4.85. The number of halogens is 1. The molecular formula is C11H10ClNO2. The van der Waals surface area contributed by atoms with Crippen LogP contribution in [0.3, 0.4) is 0 Å². The van der Waals surface area contributed by atoms with Gasteiger partial charge in [0.2, 0.25) is 0 Å². The number of aryl methyl sites for hydroxylation is 1. The highest BCUT2D eigenvalue weighted by Crippen LogP contribution is 2.32. The maximum Gasteiger partial charge on any atom is 0.141 e. The molecule has 1 aromatic carbocycles. The first kappa shape index (κ1) is 10.1. The fourth-order valence-corrected chi connectivity index (χ4v) is 1.67. The molecule has 0 N–H and O–H groups in total. The summed E-state index contributed by atoms with van der Waals surface area (Å²) in [5, 5.41) is 4.34. The molecule has 15 heavy (non-hydrogen) atoms. The summed E-state index contributed by atoms with van der Waals surface area (Å²) in [6, 6.07) is 5.51. The zero-order valence-electron chi connectivity index (χ0n) is 8.45. The van der Waals surface area contributed by atoms with E-state index in [1.807, 2.05) is 19.1 Å². The molecule has 78 valence electrons. The van der Waals surface area contributed by atoms with Gasteiger partial charge in [-0.2, -0.15) is 0 Å². The van der Waals surface area contributed by atoms with Crippen LogP contribution >= 0.6 is 11.6 Å². The van der Waals surface area contributed by atoms with Crippen LogP contribution in [0, 0.1) is 6.92 Å². The molecule has 1 heterocycles. The second-order valence-corrected chi connectivity index (χ2v) is 3.55. The summed E-state index contributed by atoms with van der Waals surface area (Å²) < 4.78 is 10.1. The van der Waals surface area contributed by atoms with E-state index in [0.29, 0.717) is 5.02 Å². The summed E-state index contributed by atoms with van der Waals surface area (Å²) in [5.74, 6) is 1.49. The molecule has 0 radical (unpaired) electrons. The van der Waals surface area contributed by atoms with Gasteiger partial charge in [0.15, 0.2) is 0 Å². The van der Waals surface area contributed by atoms with E-state index >= 15 is 0 Å². The summed E-state index contributed by atoms with van der Waals surface area (Å²) in [6.07, 6.45) is 1.66. The van der Waals surface area contributed by atoms with Crippen molar-refractivity contribution in [2.45, 2.75) is 6.92 Å². The van der Waals surface area contributed by atoms with Crippen LogP contribution < -0.4 is 4.74 Å². The second kappa shape index (κ2) is 3.95. The Morgan fingerprint density at radius 2 is 2.13 bits per heavy atom. The maximum absolute atomic E-state index is 6.12. The van der Waals surface area contributed by atoms with Crippen molar-refractivity contribution in [1.29, 1.82) is 0 Å². The third-order valence-corrected chi connectivity index (χ3v) is 2.53. The molecule has 0 aliphatic heterocycles. The van der Waals surface area contributed by atoms with E-state index in [0.717, 1.165) is 22.6 Å². The summed E-state index contributed by atoms with van der Waals surface area (Å²) in [7, 11) is 1.61. The smallest absolute Gasteiger partial charge is 0.141 e. The van der Waals surface area contributed by atoms with Crippen LogP contribution in [0.5, 0.6) is 5.75 Å². The lowest BCUT2D eigenvalue weighted by atomic mass is 10.1. The van der Waals surface area contributed by atoms with Gasteiger partial charge in [-0.25, -0.2) is 0 Å². The van der Waals surface area contributed by atoms with Gasteiger partial charge in [0.25, 0.3) is 0 Å². The Morgan fingerprint density at radius 3 is 2.67 bits per heavy atom. The van der Waals surface area contributed by atoms with Gasteiger partial charge >= 0.3 is 0 Å². The number of hydrogen-bond donors (Lipinski definition) is 0. The van der Waals surface area contributed by atoms with Gasteiger partial charge in [0.05, 0.1) is 18.3 Å². The van der Waals surface area contributed by atoms with Gasteiger partial charge in [0, 0.05) is 11.1 Å². The van der Waals surface area contributed by atoms with Crippen molar-refractivity contribution in [2.24, 2.45) is 0 Å². The van der Waals surface area contributed by atoms with E-state index in [2.05, 4.69) is 5.16 Å². The van der Waals surface area contributed by atoms with E-state index < -0.39 is 0 Å². The largest absolute Gasteiger partial charge is 0.497 e. The van der Waals surface area contributed by atoms with Gasteiger partial charge in [-0.05, 0) is 25.1 Å². The van der Waals surface area contributed by atoms with Crippen LogP contribution in [-0.4, -0.2) is 12.3 Å². The quantitative estimate of drug-likeness (QED) is 0.784. The van der Waals surface area contributed by atoms with Crippen molar-refractivity contribution in [3.05, 3.63) is 35.2 Å². The molecule has 0 saturated carbocycles. The third kappa shape index (κ3) is 1.83. The lowest BCUT2D eigenvalue weighted by molar-refractivity contribution is 0.398. The molecular weight excluding hydrogens is 214 g/mol. The van der Waals surface area contributed by atoms with Crippen molar-refractivity contribution in [1.82, 2.24) is 5.16 Å². The minimum atomic E-state index is 0.626. The molecule has 2 aromatic rings. The fourth-order valence-electron chi connectivity index (χ4n) is 1.40. The molecule has 0 aliphatic carbocycles.